The molecule has 6 N–H and O–H groups in total. The molecule has 0 radical (unpaired) electrons. The molecule has 0 bridgehead atoms. The van der Waals surface area contributed by atoms with E-state index in [1.807, 2.05) is 20.8 Å². The molecular formula is C52H86O17. The highest BCUT2D eigenvalue weighted by atomic mass is 16.6. The minimum Gasteiger partial charge on any atom is -0.481 e. The molecule has 16 atom stereocenters. The predicted molar refractivity (Wildman–Crippen MR) is 254 cm³/mol. The first-order valence-electron chi connectivity index (χ1n) is 25.9. The molecule has 0 aromatic heterocycles. The van der Waals surface area contributed by atoms with Crippen molar-refractivity contribution in [3.63, 3.8) is 0 Å². The van der Waals surface area contributed by atoms with Crippen molar-refractivity contribution in [1.82, 2.24) is 0 Å². The summed E-state index contributed by atoms with van der Waals surface area (Å²) in [6.45, 7) is 12.1. The number of carboxylic acids is 1. The normalized spacial score (nSPS) is 31.0. The molecule has 0 aromatic rings. The molecule has 0 spiro atoms. The smallest absolute Gasteiger partial charge is 0.330 e. The van der Waals surface area contributed by atoms with E-state index in [9.17, 15) is 44.7 Å². The van der Waals surface area contributed by atoms with Crippen LogP contribution in [0.4, 0.5) is 0 Å². The van der Waals surface area contributed by atoms with Crippen LogP contribution in [0.2, 0.25) is 0 Å². The van der Waals surface area contributed by atoms with Crippen LogP contribution in [0.1, 0.15) is 157 Å². The molecule has 4 rings (SSSR count). The third kappa shape index (κ3) is 20.9. The van der Waals surface area contributed by atoms with Crippen molar-refractivity contribution in [2.24, 2.45) is 23.7 Å². The Morgan fingerprint density at radius 3 is 1.41 bits per heavy atom. The Balaban J connectivity index is 0.981. The standard InChI is InChI=1S/C52H86O17/c1-31(23-39-49(61)47(59)37(29-65-39)27-41-51(68-41)33(3)35(5)53)25-46(58)64-22-18-14-10-8-12-16-20-44(56)67-36(6)34(4)52-42(69-52)28-38-30-66-40(50(62)48(38)60)24-32(2)26-45(57)63-21-17-13-9-7-11-15-19-43(54)55/h25-26,33-42,47-53,59-62H,7-24,27-30H2,1-6H3,(H,54,55)/b31-25+,32-26+/t33-,34-,35-,36-,37+,38-,39+,40-,41-,42-,47-,48+,49+,50-,51-,52-/m0/s1. The Hall–Kier alpha value is -3.00. The molecule has 4 heterocycles. The summed E-state index contributed by atoms with van der Waals surface area (Å²) < 4.78 is 39.9. The van der Waals surface area contributed by atoms with Gasteiger partial charge >= 0.3 is 23.9 Å². The van der Waals surface area contributed by atoms with Crippen LogP contribution < -0.4 is 0 Å². The number of carboxylic acid groups (broad SMARTS) is 1. The van der Waals surface area contributed by atoms with E-state index in [0.717, 1.165) is 64.2 Å². The van der Waals surface area contributed by atoms with Crippen LogP contribution >= 0.6 is 0 Å². The highest BCUT2D eigenvalue weighted by Crippen LogP contribution is 2.40. The highest BCUT2D eigenvalue weighted by Gasteiger charge is 2.50. The van der Waals surface area contributed by atoms with Crippen LogP contribution in [0.25, 0.3) is 0 Å². The molecule has 4 fully saturated rings. The first-order valence-corrected chi connectivity index (χ1v) is 25.9. The van der Waals surface area contributed by atoms with Gasteiger partial charge in [0.2, 0.25) is 0 Å². The van der Waals surface area contributed by atoms with E-state index in [4.69, 9.17) is 38.3 Å². The average Bonchev–Trinajstić information content (AvgIpc) is 4.23. The summed E-state index contributed by atoms with van der Waals surface area (Å²) in [6, 6.07) is 0. The second-order valence-electron chi connectivity index (χ2n) is 20.5. The quantitative estimate of drug-likeness (QED) is 0.0152. The van der Waals surface area contributed by atoms with Gasteiger partial charge in [-0.3, -0.25) is 9.59 Å². The number of carbonyl (C=O) groups excluding carboxylic acids is 3. The van der Waals surface area contributed by atoms with Crippen molar-refractivity contribution in [3.05, 3.63) is 23.3 Å². The van der Waals surface area contributed by atoms with Crippen LogP contribution in [0.5, 0.6) is 0 Å². The molecule has 4 saturated heterocycles. The van der Waals surface area contributed by atoms with Crippen molar-refractivity contribution < 1.29 is 83.0 Å². The monoisotopic (exact) mass is 983 g/mol. The van der Waals surface area contributed by atoms with Gasteiger partial charge in [-0.05, 0) is 79.1 Å². The Labute approximate surface area is 409 Å². The largest absolute Gasteiger partial charge is 0.481 e. The summed E-state index contributed by atoms with van der Waals surface area (Å²) in [6.07, 6.45) is 8.24. The molecule has 0 saturated carbocycles. The molecule has 0 amide bonds. The number of ether oxygens (including phenoxy) is 7. The number of aliphatic carboxylic acids is 1. The number of hydrogen-bond donors (Lipinski definition) is 6. The third-order valence-electron chi connectivity index (χ3n) is 14.5. The first kappa shape index (κ1) is 58.6. The van der Waals surface area contributed by atoms with E-state index in [1.54, 1.807) is 20.8 Å². The molecule has 17 nitrogen and oxygen atoms in total. The summed E-state index contributed by atoms with van der Waals surface area (Å²) in [7, 11) is 0. The van der Waals surface area contributed by atoms with Gasteiger partial charge in [-0.25, -0.2) is 9.59 Å². The van der Waals surface area contributed by atoms with Gasteiger partial charge < -0.3 is 63.8 Å². The molecule has 69 heavy (non-hydrogen) atoms. The van der Waals surface area contributed by atoms with Gasteiger partial charge in [-0.2, -0.15) is 0 Å². The van der Waals surface area contributed by atoms with Crippen LogP contribution in [-0.2, 0) is 52.3 Å². The van der Waals surface area contributed by atoms with E-state index in [2.05, 4.69) is 0 Å². The summed E-state index contributed by atoms with van der Waals surface area (Å²) >= 11 is 0. The zero-order chi connectivity index (χ0) is 50.6. The summed E-state index contributed by atoms with van der Waals surface area (Å²) in [5.74, 6) is -2.64. The minimum atomic E-state index is -1.13. The van der Waals surface area contributed by atoms with Crippen molar-refractivity contribution in [1.29, 1.82) is 0 Å². The molecule has 396 valence electrons. The van der Waals surface area contributed by atoms with Gasteiger partial charge in [-0.1, -0.05) is 76.4 Å². The zero-order valence-electron chi connectivity index (χ0n) is 42.1. The third-order valence-corrected chi connectivity index (χ3v) is 14.5. The predicted octanol–water partition coefficient (Wildman–Crippen LogP) is 5.66. The Bertz CT molecular complexity index is 1630. The van der Waals surface area contributed by atoms with Gasteiger partial charge in [0.25, 0.3) is 0 Å². The molecule has 0 aromatic carbocycles. The number of esters is 3. The second-order valence-corrected chi connectivity index (χ2v) is 20.5. The summed E-state index contributed by atoms with van der Waals surface area (Å²) in [5.41, 5.74) is 1.36. The lowest BCUT2D eigenvalue weighted by Crippen LogP contribution is -2.50. The van der Waals surface area contributed by atoms with Gasteiger partial charge in [0.1, 0.15) is 18.3 Å². The molecule has 4 aliphatic heterocycles. The Kier molecular flexibility index (Phi) is 25.6. The Morgan fingerprint density at radius 2 is 0.971 bits per heavy atom. The maximum Gasteiger partial charge on any atom is 0.330 e. The second kappa shape index (κ2) is 30.1. The van der Waals surface area contributed by atoms with Crippen LogP contribution in [-0.4, -0.2) is 154 Å². The zero-order valence-corrected chi connectivity index (χ0v) is 42.1. The molecule has 0 aliphatic carbocycles. The van der Waals surface area contributed by atoms with Crippen LogP contribution in [0.15, 0.2) is 23.3 Å². The highest BCUT2D eigenvalue weighted by molar-refractivity contribution is 5.83. The summed E-state index contributed by atoms with van der Waals surface area (Å²) in [4.78, 5) is 47.9. The number of unbranched alkanes of at least 4 members (excludes halogenated alkanes) is 10. The van der Waals surface area contributed by atoms with Gasteiger partial charge in [-0.15, -0.1) is 0 Å². The van der Waals surface area contributed by atoms with Gasteiger partial charge in [0, 0.05) is 48.7 Å². The van der Waals surface area contributed by atoms with Gasteiger partial charge in [0.15, 0.2) is 0 Å². The molecule has 0 unspecified atom stereocenters. The maximum atomic E-state index is 12.6. The number of epoxide rings is 2. The van der Waals surface area contributed by atoms with E-state index >= 15 is 0 Å². The number of aliphatic hydroxyl groups is 5. The lowest BCUT2D eigenvalue weighted by Gasteiger charge is -2.38. The summed E-state index contributed by atoms with van der Waals surface area (Å²) in [5, 5.41) is 61.9. The maximum absolute atomic E-state index is 12.6. The van der Waals surface area contributed by atoms with Crippen LogP contribution in [0, 0.1) is 23.7 Å². The van der Waals surface area contributed by atoms with E-state index in [-0.39, 0.29) is 99.2 Å². The van der Waals surface area contributed by atoms with E-state index in [0.29, 0.717) is 49.9 Å². The first-order chi connectivity index (χ1) is 32.9. The number of rotatable bonds is 33. The topological polar surface area (TPSA) is 261 Å². The number of carbonyl (C=O) groups is 4. The van der Waals surface area contributed by atoms with E-state index in [1.165, 1.54) is 12.2 Å². The van der Waals surface area contributed by atoms with Crippen molar-refractivity contribution in [2.75, 3.05) is 26.4 Å². The fourth-order valence-corrected chi connectivity index (χ4v) is 9.54. The van der Waals surface area contributed by atoms with Crippen molar-refractivity contribution >= 4 is 23.9 Å². The fraction of sp³-hybridized carbons (Fsp3) is 0.846. The SMILES string of the molecule is C/C(=C\C(=O)OCCCCCCCCC(=O)O)C[C@@H]1OC[C@H](C[C@@H]2O[C@H]2[C@@H](C)[C@H](C)OC(=O)CCCCCCCCOC(=O)/C=C(\C)C[C@H]2OC[C@@H](C[C@@H]3O[C@H]3[C@@H](C)[C@H](C)O)[C@H](O)[C@@H]2O)[C@@H](O)[C@H]1O. The minimum absolute atomic E-state index is 0.00946. The number of hydrogen-bond acceptors (Lipinski definition) is 16. The lowest BCUT2D eigenvalue weighted by atomic mass is 9.85. The number of aliphatic hydroxyl groups excluding tert-OH is 5. The average molecular weight is 983 g/mol. The Morgan fingerprint density at radius 1 is 0.565 bits per heavy atom. The van der Waals surface area contributed by atoms with E-state index < -0.39 is 60.6 Å². The molecular weight excluding hydrogens is 897 g/mol. The van der Waals surface area contributed by atoms with Gasteiger partial charge in [0.05, 0.1) is 81.4 Å². The van der Waals surface area contributed by atoms with Crippen molar-refractivity contribution in [2.45, 2.75) is 230 Å². The molecule has 4 aliphatic rings. The molecule has 17 heteroatoms. The lowest BCUT2D eigenvalue weighted by molar-refractivity contribution is -0.165. The van der Waals surface area contributed by atoms with Crippen molar-refractivity contribution in [3.8, 4) is 0 Å². The van der Waals surface area contributed by atoms with Crippen LogP contribution in [0.3, 0.4) is 0 Å². The fourth-order valence-electron chi connectivity index (χ4n) is 9.54.